The minimum absolute atomic E-state index is 0.0429. The Morgan fingerprint density at radius 3 is 2.76 bits per heavy atom. The molecule has 3 nitrogen and oxygen atoms in total. The van der Waals surface area contributed by atoms with Gasteiger partial charge in [0.05, 0.1) is 0 Å². The third kappa shape index (κ3) is 3.30. The average molecular weight is 232 g/mol. The number of rotatable bonds is 3. The first kappa shape index (κ1) is 12.1. The molecule has 0 aliphatic carbocycles. The van der Waals surface area contributed by atoms with Gasteiger partial charge < -0.3 is 10.6 Å². The molecule has 1 aliphatic rings. The van der Waals surface area contributed by atoms with Gasteiger partial charge in [0, 0.05) is 18.2 Å². The number of benzene rings is 1. The van der Waals surface area contributed by atoms with E-state index in [1.807, 2.05) is 24.3 Å². The first-order valence-corrected chi connectivity index (χ1v) is 6.40. The van der Waals surface area contributed by atoms with Crippen LogP contribution >= 0.6 is 0 Å². The van der Waals surface area contributed by atoms with Gasteiger partial charge >= 0.3 is 0 Å². The monoisotopic (exact) mass is 232 g/mol. The normalized spacial score (nSPS) is 19.9. The largest absolute Gasteiger partial charge is 0.348 e. The van der Waals surface area contributed by atoms with Gasteiger partial charge in [0.25, 0.3) is 5.91 Å². The number of nitrogens with one attached hydrogen (secondary N) is 2. The third-order valence-corrected chi connectivity index (χ3v) is 3.26. The highest BCUT2D eigenvalue weighted by Gasteiger charge is 2.15. The molecule has 3 heteroatoms. The van der Waals surface area contributed by atoms with Gasteiger partial charge in [-0.05, 0) is 43.5 Å². The van der Waals surface area contributed by atoms with Crippen LogP contribution in [0, 0.1) is 0 Å². The summed E-state index contributed by atoms with van der Waals surface area (Å²) < 4.78 is 0. The van der Waals surface area contributed by atoms with Crippen molar-refractivity contribution in [2.45, 2.75) is 32.2 Å². The van der Waals surface area contributed by atoms with Crippen molar-refractivity contribution in [2.75, 3.05) is 13.1 Å². The Kier molecular flexibility index (Phi) is 4.15. The summed E-state index contributed by atoms with van der Waals surface area (Å²) in [5, 5.41) is 6.37. The van der Waals surface area contributed by atoms with Crippen LogP contribution in [0.15, 0.2) is 24.3 Å². The number of aryl methyl sites for hydroxylation is 1. The van der Waals surface area contributed by atoms with E-state index in [-0.39, 0.29) is 11.9 Å². The molecule has 1 heterocycles. The SMILES string of the molecule is CCc1ccc(C(=O)N[C@H]2CCCNC2)cc1. The van der Waals surface area contributed by atoms with Crippen molar-refractivity contribution in [1.82, 2.24) is 10.6 Å². The lowest BCUT2D eigenvalue weighted by atomic mass is 10.1. The highest BCUT2D eigenvalue weighted by atomic mass is 16.1. The fourth-order valence-electron chi connectivity index (χ4n) is 2.14. The van der Waals surface area contributed by atoms with Gasteiger partial charge in [0.15, 0.2) is 0 Å². The standard InChI is InChI=1S/C14H20N2O/c1-2-11-5-7-12(8-6-11)14(17)16-13-4-3-9-15-10-13/h5-8,13,15H,2-4,9-10H2,1H3,(H,16,17)/t13-/m0/s1. The molecular formula is C14H20N2O. The topological polar surface area (TPSA) is 41.1 Å². The van der Waals surface area contributed by atoms with Gasteiger partial charge in [-0.15, -0.1) is 0 Å². The third-order valence-electron chi connectivity index (χ3n) is 3.26. The lowest BCUT2D eigenvalue weighted by Gasteiger charge is -2.23. The molecule has 1 aliphatic heterocycles. The maximum atomic E-state index is 12.0. The van der Waals surface area contributed by atoms with Crippen molar-refractivity contribution >= 4 is 5.91 Å². The van der Waals surface area contributed by atoms with Crippen LogP contribution in [0.2, 0.25) is 0 Å². The summed E-state index contributed by atoms with van der Waals surface area (Å²) >= 11 is 0. The Hall–Kier alpha value is -1.35. The maximum absolute atomic E-state index is 12.0. The van der Waals surface area contributed by atoms with Gasteiger partial charge in [0.2, 0.25) is 0 Å². The molecular weight excluding hydrogens is 212 g/mol. The van der Waals surface area contributed by atoms with Gasteiger partial charge in [0.1, 0.15) is 0 Å². The molecule has 1 aromatic rings. The van der Waals surface area contributed by atoms with Gasteiger partial charge in [-0.25, -0.2) is 0 Å². The molecule has 17 heavy (non-hydrogen) atoms. The Morgan fingerprint density at radius 1 is 1.41 bits per heavy atom. The average Bonchev–Trinajstić information content (AvgIpc) is 2.40. The van der Waals surface area contributed by atoms with Crippen LogP contribution in [-0.2, 0) is 6.42 Å². The van der Waals surface area contributed by atoms with Gasteiger partial charge in [-0.3, -0.25) is 4.79 Å². The first-order chi connectivity index (χ1) is 8.29. The fourth-order valence-corrected chi connectivity index (χ4v) is 2.14. The highest BCUT2D eigenvalue weighted by molar-refractivity contribution is 5.94. The first-order valence-electron chi connectivity index (χ1n) is 6.40. The van der Waals surface area contributed by atoms with E-state index in [0.717, 1.165) is 37.9 Å². The lowest BCUT2D eigenvalue weighted by molar-refractivity contribution is 0.0930. The molecule has 0 saturated carbocycles. The second-order valence-electron chi connectivity index (χ2n) is 4.57. The van der Waals surface area contributed by atoms with Crippen LogP contribution in [0.5, 0.6) is 0 Å². The van der Waals surface area contributed by atoms with Crippen molar-refractivity contribution in [3.05, 3.63) is 35.4 Å². The summed E-state index contributed by atoms with van der Waals surface area (Å²) in [7, 11) is 0. The van der Waals surface area contributed by atoms with Crippen LogP contribution in [0.25, 0.3) is 0 Å². The van der Waals surface area contributed by atoms with E-state index in [1.54, 1.807) is 0 Å². The second-order valence-corrected chi connectivity index (χ2v) is 4.57. The predicted molar refractivity (Wildman–Crippen MR) is 69.2 cm³/mol. The second kappa shape index (κ2) is 5.82. The van der Waals surface area contributed by atoms with Crippen molar-refractivity contribution in [1.29, 1.82) is 0 Å². The van der Waals surface area contributed by atoms with Crippen LogP contribution in [0.3, 0.4) is 0 Å². The molecule has 0 bridgehead atoms. The molecule has 1 aromatic carbocycles. The zero-order chi connectivity index (χ0) is 12.1. The molecule has 0 aromatic heterocycles. The maximum Gasteiger partial charge on any atom is 0.251 e. The minimum atomic E-state index is 0.0429. The lowest BCUT2D eigenvalue weighted by Crippen LogP contribution is -2.45. The summed E-state index contributed by atoms with van der Waals surface area (Å²) in [5.41, 5.74) is 2.02. The number of carbonyl (C=O) groups excluding carboxylic acids is 1. The fraction of sp³-hybridized carbons (Fsp3) is 0.500. The van der Waals surface area contributed by atoms with Gasteiger partial charge in [-0.1, -0.05) is 19.1 Å². The molecule has 92 valence electrons. The molecule has 0 spiro atoms. The van der Waals surface area contributed by atoms with Crippen LogP contribution < -0.4 is 10.6 Å². The molecule has 2 N–H and O–H groups in total. The summed E-state index contributed by atoms with van der Waals surface area (Å²) in [6, 6.07) is 8.14. The molecule has 0 unspecified atom stereocenters. The van der Waals surface area contributed by atoms with E-state index in [2.05, 4.69) is 17.6 Å². The van der Waals surface area contributed by atoms with Crippen molar-refractivity contribution in [2.24, 2.45) is 0 Å². The van der Waals surface area contributed by atoms with Crippen molar-refractivity contribution in [3.8, 4) is 0 Å². The van der Waals surface area contributed by atoms with Gasteiger partial charge in [-0.2, -0.15) is 0 Å². The van der Waals surface area contributed by atoms with E-state index >= 15 is 0 Å². The molecule has 2 rings (SSSR count). The van der Waals surface area contributed by atoms with E-state index in [1.165, 1.54) is 5.56 Å². The van der Waals surface area contributed by atoms with E-state index in [4.69, 9.17) is 0 Å². The number of hydrogen-bond donors (Lipinski definition) is 2. The molecule has 1 fully saturated rings. The van der Waals surface area contributed by atoms with Crippen molar-refractivity contribution in [3.63, 3.8) is 0 Å². The van der Waals surface area contributed by atoms with E-state index in [0.29, 0.717) is 0 Å². The Bertz CT molecular complexity index is 366. The Morgan fingerprint density at radius 2 is 2.18 bits per heavy atom. The number of hydrogen-bond acceptors (Lipinski definition) is 2. The Labute approximate surface area is 103 Å². The molecule has 0 radical (unpaired) electrons. The zero-order valence-corrected chi connectivity index (χ0v) is 10.3. The number of amides is 1. The molecule has 1 saturated heterocycles. The zero-order valence-electron chi connectivity index (χ0n) is 10.3. The highest BCUT2D eigenvalue weighted by Crippen LogP contribution is 2.07. The summed E-state index contributed by atoms with van der Waals surface area (Å²) in [6.07, 6.45) is 3.22. The summed E-state index contributed by atoms with van der Waals surface area (Å²) in [4.78, 5) is 12.0. The van der Waals surface area contributed by atoms with Crippen LogP contribution in [0.1, 0.15) is 35.7 Å². The number of carbonyl (C=O) groups is 1. The molecule has 1 amide bonds. The summed E-state index contributed by atoms with van der Waals surface area (Å²) in [5.74, 6) is 0.0429. The number of piperidine rings is 1. The quantitative estimate of drug-likeness (QED) is 0.833. The predicted octanol–water partition coefficient (Wildman–Crippen LogP) is 1.73. The van der Waals surface area contributed by atoms with Crippen LogP contribution in [0.4, 0.5) is 0 Å². The molecule has 1 atom stereocenters. The van der Waals surface area contributed by atoms with Crippen LogP contribution in [-0.4, -0.2) is 25.0 Å². The van der Waals surface area contributed by atoms with E-state index < -0.39 is 0 Å². The minimum Gasteiger partial charge on any atom is -0.348 e. The summed E-state index contributed by atoms with van der Waals surface area (Å²) in [6.45, 7) is 4.07. The smallest absolute Gasteiger partial charge is 0.251 e. The Balaban J connectivity index is 1.93. The van der Waals surface area contributed by atoms with Crippen molar-refractivity contribution < 1.29 is 4.79 Å². The van der Waals surface area contributed by atoms with E-state index in [9.17, 15) is 4.79 Å².